The van der Waals surface area contributed by atoms with E-state index >= 15 is 0 Å². The number of aromatic hydroxyl groups is 1. The minimum atomic E-state index is 0.208. The molecule has 0 spiro atoms. The fourth-order valence-electron chi connectivity index (χ4n) is 3.91. The lowest BCUT2D eigenvalue weighted by Gasteiger charge is -2.22. The highest BCUT2D eigenvalue weighted by molar-refractivity contribution is 5.62. The molecule has 0 aliphatic heterocycles. The molecule has 0 radical (unpaired) electrons. The Hall–Kier alpha value is -1.97. The average Bonchev–Trinajstić information content (AvgIpc) is 3.05. The summed E-state index contributed by atoms with van der Waals surface area (Å²) in [4.78, 5) is 13.0. The third-order valence-corrected chi connectivity index (χ3v) is 5.51. The Labute approximate surface area is 150 Å². The molecule has 4 nitrogen and oxygen atoms in total. The Bertz CT molecular complexity index is 680. The van der Waals surface area contributed by atoms with Crippen LogP contribution in [0.15, 0.2) is 30.6 Å². The first kappa shape index (κ1) is 17.8. The van der Waals surface area contributed by atoms with Crippen LogP contribution in [0.5, 0.6) is 5.75 Å². The Balaban J connectivity index is 1.43. The number of para-hydroxylation sites is 1. The quantitative estimate of drug-likeness (QED) is 0.661. The fourth-order valence-corrected chi connectivity index (χ4v) is 3.91. The number of phenols is 1. The van der Waals surface area contributed by atoms with Gasteiger partial charge in [-0.2, -0.15) is 0 Å². The molecule has 134 valence electrons. The maximum absolute atomic E-state index is 9.94. The van der Waals surface area contributed by atoms with Gasteiger partial charge in [-0.25, -0.2) is 15.0 Å². The van der Waals surface area contributed by atoms with Crippen molar-refractivity contribution in [3.8, 4) is 17.1 Å². The van der Waals surface area contributed by atoms with Crippen molar-refractivity contribution in [2.24, 2.45) is 5.41 Å². The predicted molar refractivity (Wildman–Crippen MR) is 100 cm³/mol. The molecular weight excluding hydrogens is 310 g/mol. The normalized spacial score (nSPS) is 16.2. The molecule has 25 heavy (non-hydrogen) atoms. The van der Waals surface area contributed by atoms with Gasteiger partial charge in [-0.15, -0.1) is 0 Å². The molecule has 1 aromatic heterocycles. The molecule has 0 amide bonds. The van der Waals surface area contributed by atoms with Crippen LogP contribution in [0, 0.1) is 5.41 Å². The van der Waals surface area contributed by atoms with Crippen LogP contribution < -0.4 is 0 Å². The fraction of sp³-hybridized carbons (Fsp3) is 0.571. The highest BCUT2D eigenvalue weighted by atomic mass is 16.3. The van der Waals surface area contributed by atoms with Gasteiger partial charge in [0.1, 0.15) is 17.9 Å². The Morgan fingerprint density at radius 2 is 1.76 bits per heavy atom. The second-order valence-corrected chi connectivity index (χ2v) is 7.67. The van der Waals surface area contributed by atoms with Gasteiger partial charge in [0.05, 0.1) is 5.56 Å². The van der Waals surface area contributed by atoms with E-state index in [9.17, 15) is 5.11 Å². The molecular formula is C21H29N3O. The zero-order valence-electron chi connectivity index (χ0n) is 15.2. The van der Waals surface area contributed by atoms with Gasteiger partial charge in [-0.05, 0) is 43.2 Å². The third-order valence-electron chi connectivity index (χ3n) is 5.51. The summed E-state index contributed by atoms with van der Waals surface area (Å²) in [5, 5.41) is 9.94. The van der Waals surface area contributed by atoms with E-state index in [0.717, 1.165) is 18.7 Å². The summed E-state index contributed by atoms with van der Waals surface area (Å²) >= 11 is 0. The minimum absolute atomic E-state index is 0.208. The summed E-state index contributed by atoms with van der Waals surface area (Å²) in [7, 11) is 0. The minimum Gasteiger partial charge on any atom is -0.507 e. The van der Waals surface area contributed by atoms with Gasteiger partial charge in [0.2, 0.25) is 0 Å². The van der Waals surface area contributed by atoms with Crippen LogP contribution in [-0.4, -0.2) is 20.1 Å². The SMILES string of the molecule is CC1(CCCCCCc2ncnc(-c3ccccc3O)n2)CCCC1. The summed E-state index contributed by atoms with van der Waals surface area (Å²) in [6, 6.07) is 7.16. The zero-order valence-corrected chi connectivity index (χ0v) is 15.2. The van der Waals surface area contributed by atoms with Crippen molar-refractivity contribution < 1.29 is 5.11 Å². The van der Waals surface area contributed by atoms with Crippen LogP contribution in [0.4, 0.5) is 0 Å². The van der Waals surface area contributed by atoms with Gasteiger partial charge in [-0.1, -0.05) is 51.2 Å². The van der Waals surface area contributed by atoms with Crippen molar-refractivity contribution in [3.05, 3.63) is 36.4 Å². The summed E-state index contributed by atoms with van der Waals surface area (Å²) in [5.41, 5.74) is 1.29. The van der Waals surface area contributed by atoms with Crippen LogP contribution in [0.1, 0.15) is 70.5 Å². The monoisotopic (exact) mass is 339 g/mol. The molecule has 1 aliphatic rings. The zero-order chi connectivity index (χ0) is 17.5. The molecule has 1 saturated carbocycles. The highest BCUT2D eigenvalue weighted by Gasteiger charge is 2.27. The van der Waals surface area contributed by atoms with E-state index in [1.54, 1.807) is 18.5 Å². The van der Waals surface area contributed by atoms with Gasteiger partial charge in [0, 0.05) is 6.42 Å². The largest absolute Gasteiger partial charge is 0.507 e. The van der Waals surface area contributed by atoms with E-state index in [2.05, 4.69) is 21.9 Å². The summed E-state index contributed by atoms with van der Waals surface area (Å²) in [5.74, 6) is 1.58. The van der Waals surface area contributed by atoms with Crippen LogP contribution in [0.3, 0.4) is 0 Å². The first-order chi connectivity index (χ1) is 12.2. The van der Waals surface area contributed by atoms with Crippen LogP contribution in [0.2, 0.25) is 0 Å². The number of unbranched alkanes of at least 4 members (excludes halogenated alkanes) is 3. The summed E-state index contributed by atoms with van der Waals surface area (Å²) < 4.78 is 0. The van der Waals surface area contributed by atoms with Gasteiger partial charge in [0.15, 0.2) is 5.82 Å². The van der Waals surface area contributed by atoms with Gasteiger partial charge in [0.25, 0.3) is 0 Å². The predicted octanol–water partition coefficient (Wildman–Crippen LogP) is 5.32. The van der Waals surface area contributed by atoms with Crippen molar-refractivity contribution in [2.75, 3.05) is 0 Å². The molecule has 1 heterocycles. The lowest BCUT2D eigenvalue weighted by molar-refractivity contribution is 0.294. The Morgan fingerprint density at radius 3 is 2.56 bits per heavy atom. The van der Waals surface area contributed by atoms with Crippen LogP contribution in [-0.2, 0) is 6.42 Å². The Kier molecular flexibility index (Phi) is 6.00. The molecule has 1 N–H and O–H groups in total. The number of nitrogens with zero attached hydrogens (tertiary/aromatic N) is 3. The van der Waals surface area contributed by atoms with Gasteiger partial charge >= 0.3 is 0 Å². The van der Waals surface area contributed by atoms with Crippen LogP contribution in [0.25, 0.3) is 11.4 Å². The maximum atomic E-state index is 9.94. The lowest BCUT2D eigenvalue weighted by Crippen LogP contribution is -2.10. The highest BCUT2D eigenvalue weighted by Crippen LogP contribution is 2.41. The molecule has 3 rings (SSSR count). The molecule has 0 saturated heterocycles. The molecule has 4 heteroatoms. The number of rotatable bonds is 8. The molecule has 1 aliphatic carbocycles. The number of benzene rings is 1. The molecule has 0 bridgehead atoms. The Morgan fingerprint density at radius 1 is 1.00 bits per heavy atom. The summed E-state index contributed by atoms with van der Waals surface area (Å²) in [6.45, 7) is 2.46. The first-order valence-corrected chi connectivity index (χ1v) is 9.63. The van der Waals surface area contributed by atoms with E-state index in [1.165, 1.54) is 51.4 Å². The smallest absolute Gasteiger partial charge is 0.166 e. The number of aryl methyl sites for hydroxylation is 1. The second kappa shape index (κ2) is 8.41. The van der Waals surface area contributed by atoms with E-state index in [1.807, 2.05) is 12.1 Å². The number of hydrogen-bond acceptors (Lipinski definition) is 4. The van der Waals surface area contributed by atoms with Crippen molar-refractivity contribution in [1.82, 2.24) is 15.0 Å². The van der Waals surface area contributed by atoms with Gasteiger partial charge in [-0.3, -0.25) is 0 Å². The van der Waals surface area contributed by atoms with E-state index < -0.39 is 0 Å². The van der Waals surface area contributed by atoms with Crippen LogP contribution >= 0.6 is 0 Å². The number of phenolic OH excluding ortho intramolecular Hbond substituents is 1. The van der Waals surface area contributed by atoms with Crippen molar-refractivity contribution in [3.63, 3.8) is 0 Å². The van der Waals surface area contributed by atoms with E-state index in [-0.39, 0.29) is 5.75 Å². The topological polar surface area (TPSA) is 58.9 Å². The summed E-state index contributed by atoms with van der Waals surface area (Å²) in [6.07, 6.45) is 14.5. The van der Waals surface area contributed by atoms with Gasteiger partial charge < -0.3 is 5.11 Å². The molecule has 1 fully saturated rings. The van der Waals surface area contributed by atoms with Crippen molar-refractivity contribution in [1.29, 1.82) is 0 Å². The number of aromatic nitrogens is 3. The van der Waals surface area contributed by atoms with Crippen molar-refractivity contribution >= 4 is 0 Å². The second-order valence-electron chi connectivity index (χ2n) is 7.67. The molecule has 0 unspecified atom stereocenters. The van der Waals surface area contributed by atoms with E-state index in [4.69, 9.17) is 0 Å². The molecule has 2 aromatic rings. The molecule has 0 atom stereocenters. The third kappa shape index (κ3) is 5.00. The maximum Gasteiger partial charge on any atom is 0.166 e. The molecule has 1 aromatic carbocycles. The lowest BCUT2D eigenvalue weighted by atomic mass is 9.83. The number of hydrogen-bond donors (Lipinski definition) is 1. The first-order valence-electron chi connectivity index (χ1n) is 9.63. The average molecular weight is 339 g/mol. The van der Waals surface area contributed by atoms with Crippen molar-refractivity contribution in [2.45, 2.75) is 71.1 Å². The van der Waals surface area contributed by atoms with E-state index in [0.29, 0.717) is 16.8 Å². The standard InChI is InChI=1S/C21H29N3O/c1-21(14-8-9-15-21)13-7-3-2-4-12-19-22-16-23-20(24-19)17-10-5-6-11-18(17)25/h5-6,10-11,16,25H,2-4,7-9,12-15H2,1H3.